The maximum atomic E-state index is 13.3. The molecule has 27 heavy (non-hydrogen) atoms. The fourth-order valence-electron chi connectivity index (χ4n) is 3.67. The van der Waals surface area contributed by atoms with E-state index >= 15 is 0 Å². The summed E-state index contributed by atoms with van der Waals surface area (Å²) in [5.41, 5.74) is 1.80. The van der Waals surface area contributed by atoms with Crippen molar-refractivity contribution in [3.63, 3.8) is 0 Å². The molecule has 0 spiro atoms. The van der Waals surface area contributed by atoms with Crippen LogP contribution in [0.5, 0.6) is 11.5 Å². The van der Waals surface area contributed by atoms with Crippen molar-refractivity contribution in [2.75, 3.05) is 33.9 Å². The van der Waals surface area contributed by atoms with E-state index in [0.717, 1.165) is 11.3 Å². The summed E-state index contributed by atoms with van der Waals surface area (Å²) in [6, 6.07) is 9.09. The van der Waals surface area contributed by atoms with E-state index < -0.39 is 16.3 Å². The highest BCUT2D eigenvalue weighted by Gasteiger charge is 2.39. The van der Waals surface area contributed by atoms with Gasteiger partial charge < -0.3 is 14.0 Å². The van der Waals surface area contributed by atoms with Crippen LogP contribution in [0.4, 0.5) is 0 Å². The molecule has 1 aromatic carbocycles. The maximum absolute atomic E-state index is 13.3. The van der Waals surface area contributed by atoms with E-state index in [0.29, 0.717) is 37.7 Å². The predicted octanol–water partition coefficient (Wildman–Crippen LogP) is 2.50. The molecule has 7 nitrogen and oxygen atoms in total. The standard InChI is InChI=1S/C19H27N3O4S/c1-5-21(6-2)27(23,24)22-13-12-20-11-7-8-16(20)19(22)15-9-10-17(25-3)18(14-15)26-4/h7-11,14,19H,5-6,12-13H2,1-4H3. The summed E-state index contributed by atoms with van der Waals surface area (Å²) in [4.78, 5) is 0. The molecule has 0 aliphatic carbocycles. The highest BCUT2D eigenvalue weighted by atomic mass is 32.2. The summed E-state index contributed by atoms with van der Waals surface area (Å²) >= 11 is 0. The zero-order valence-corrected chi connectivity index (χ0v) is 17.1. The number of ether oxygens (including phenoxy) is 2. The number of fused-ring (bicyclic) bond motifs is 1. The predicted molar refractivity (Wildman–Crippen MR) is 104 cm³/mol. The Hall–Kier alpha value is -2.03. The van der Waals surface area contributed by atoms with Crippen LogP contribution >= 0.6 is 0 Å². The molecule has 1 aromatic heterocycles. The zero-order valence-electron chi connectivity index (χ0n) is 16.3. The first-order chi connectivity index (χ1) is 13.0. The third kappa shape index (κ3) is 3.44. The topological polar surface area (TPSA) is 64.0 Å². The van der Waals surface area contributed by atoms with E-state index in [1.54, 1.807) is 18.5 Å². The van der Waals surface area contributed by atoms with Gasteiger partial charge in [-0.15, -0.1) is 0 Å². The summed E-state index contributed by atoms with van der Waals surface area (Å²) < 4.78 is 42.6. The Morgan fingerprint density at radius 3 is 2.41 bits per heavy atom. The molecule has 1 aliphatic heterocycles. The minimum Gasteiger partial charge on any atom is -0.493 e. The van der Waals surface area contributed by atoms with E-state index in [1.807, 2.05) is 50.4 Å². The highest BCUT2D eigenvalue weighted by Crippen LogP contribution is 2.38. The number of rotatable bonds is 7. The van der Waals surface area contributed by atoms with Gasteiger partial charge in [-0.05, 0) is 29.8 Å². The molecule has 0 amide bonds. The molecule has 0 saturated carbocycles. The Kier molecular flexibility index (Phi) is 5.78. The summed E-state index contributed by atoms with van der Waals surface area (Å²) in [6.07, 6.45) is 1.99. The number of benzene rings is 1. The van der Waals surface area contributed by atoms with Crippen LogP contribution in [0, 0.1) is 0 Å². The Morgan fingerprint density at radius 2 is 1.78 bits per heavy atom. The fourth-order valence-corrected chi connectivity index (χ4v) is 5.43. The molecule has 0 saturated heterocycles. The second-order valence-corrected chi connectivity index (χ2v) is 8.23. The third-order valence-electron chi connectivity index (χ3n) is 5.05. The lowest BCUT2D eigenvalue weighted by molar-refractivity contribution is 0.270. The summed E-state index contributed by atoms with van der Waals surface area (Å²) in [6.45, 7) is 5.65. The minimum atomic E-state index is -3.60. The lowest BCUT2D eigenvalue weighted by Gasteiger charge is -2.38. The van der Waals surface area contributed by atoms with Crippen molar-refractivity contribution in [3.8, 4) is 11.5 Å². The molecule has 1 atom stereocenters. The lowest BCUT2D eigenvalue weighted by Crippen LogP contribution is -2.49. The van der Waals surface area contributed by atoms with Gasteiger partial charge in [-0.1, -0.05) is 19.9 Å². The van der Waals surface area contributed by atoms with E-state index in [-0.39, 0.29) is 0 Å². The van der Waals surface area contributed by atoms with Gasteiger partial charge in [-0.2, -0.15) is 17.0 Å². The smallest absolute Gasteiger partial charge is 0.282 e. The van der Waals surface area contributed by atoms with Crippen molar-refractivity contribution in [1.29, 1.82) is 0 Å². The van der Waals surface area contributed by atoms with Crippen LogP contribution in [0.1, 0.15) is 31.1 Å². The number of nitrogens with zero attached hydrogens (tertiary/aromatic N) is 3. The Morgan fingerprint density at radius 1 is 1.07 bits per heavy atom. The molecule has 1 aliphatic rings. The molecule has 0 radical (unpaired) electrons. The van der Waals surface area contributed by atoms with Gasteiger partial charge >= 0.3 is 0 Å². The quantitative estimate of drug-likeness (QED) is 0.725. The Labute approximate surface area is 161 Å². The number of methoxy groups -OCH3 is 2. The average Bonchev–Trinajstić information content (AvgIpc) is 3.16. The van der Waals surface area contributed by atoms with Crippen molar-refractivity contribution in [1.82, 2.24) is 13.2 Å². The molecule has 2 aromatic rings. The second-order valence-electron chi connectivity index (χ2n) is 6.35. The van der Waals surface area contributed by atoms with Crippen LogP contribution in [0.25, 0.3) is 0 Å². The van der Waals surface area contributed by atoms with Crippen molar-refractivity contribution < 1.29 is 17.9 Å². The first-order valence-corrected chi connectivity index (χ1v) is 10.5. The monoisotopic (exact) mass is 393 g/mol. The van der Waals surface area contributed by atoms with Crippen LogP contribution in [-0.4, -0.2) is 55.4 Å². The minimum absolute atomic E-state index is 0.416. The third-order valence-corrected chi connectivity index (χ3v) is 7.20. The normalized spacial score (nSPS) is 17.7. The van der Waals surface area contributed by atoms with Gasteiger partial charge in [0.05, 0.1) is 20.3 Å². The van der Waals surface area contributed by atoms with Crippen LogP contribution in [0.3, 0.4) is 0 Å². The molecule has 1 unspecified atom stereocenters. The van der Waals surface area contributed by atoms with Crippen LogP contribution in [0.15, 0.2) is 36.5 Å². The lowest BCUT2D eigenvalue weighted by atomic mass is 10.0. The maximum Gasteiger partial charge on any atom is 0.282 e. The molecule has 0 fully saturated rings. The van der Waals surface area contributed by atoms with Crippen molar-refractivity contribution in [3.05, 3.63) is 47.8 Å². The van der Waals surface area contributed by atoms with E-state index in [9.17, 15) is 8.42 Å². The molecule has 148 valence electrons. The van der Waals surface area contributed by atoms with Gasteiger partial charge in [-0.3, -0.25) is 0 Å². The van der Waals surface area contributed by atoms with Gasteiger partial charge in [-0.25, -0.2) is 0 Å². The van der Waals surface area contributed by atoms with Crippen molar-refractivity contribution in [2.45, 2.75) is 26.4 Å². The molecule has 0 N–H and O–H groups in total. The van der Waals surface area contributed by atoms with Gasteiger partial charge in [0.25, 0.3) is 10.2 Å². The number of hydrogen-bond acceptors (Lipinski definition) is 4. The molecule has 3 rings (SSSR count). The molecule has 8 heteroatoms. The first kappa shape index (κ1) is 19.7. The summed E-state index contributed by atoms with van der Waals surface area (Å²) in [5, 5.41) is 0. The SMILES string of the molecule is CCN(CC)S(=O)(=O)N1CCn2cccc2C1c1ccc(OC)c(OC)c1. The van der Waals surface area contributed by atoms with Crippen LogP contribution in [-0.2, 0) is 16.8 Å². The molecular formula is C19H27N3O4S. The number of hydrogen-bond donors (Lipinski definition) is 0. The molecular weight excluding hydrogens is 366 g/mol. The van der Waals surface area contributed by atoms with E-state index in [1.165, 1.54) is 4.31 Å². The van der Waals surface area contributed by atoms with Crippen LogP contribution < -0.4 is 9.47 Å². The first-order valence-electron chi connectivity index (χ1n) is 9.11. The Bertz CT molecular complexity index is 890. The van der Waals surface area contributed by atoms with Crippen molar-refractivity contribution >= 4 is 10.2 Å². The van der Waals surface area contributed by atoms with E-state index in [2.05, 4.69) is 4.57 Å². The Balaban J connectivity index is 2.13. The van der Waals surface area contributed by atoms with Gasteiger partial charge in [0.1, 0.15) is 0 Å². The molecule has 0 bridgehead atoms. The second kappa shape index (κ2) is 7.92. The fraction of sp³-hybridized carbons (Fsp3) is 0.474. The molecule has 2 heterocycles. The summed E-state index contributed by atoms with van der Waals surface area (Å²) in [5.74, 6) is 1.20. The van der Waals surface area contributed by atoms with Crippen LogP contribution in [0.2, 0.25) is 0 Å². The van der Waals surface area contributed by atoms with E-state index in [4.69, 9.17) is 9.47 Å². The largest absolute Gasteiger partial charge is 0.493 e. The highest BCUT2D eigenvalue weighted by molar-refractivity contribution is 7.86. The number of aromatic nitrogens is 1. The van der Waals surface area contributed by atoms with Gasteiger partial charge in [0, 0.05) is 38.1 Å². The zero-order chi connectivity index (χ0) is 19.6. The summed E-state index contributed by atoms with van der Waals surface area (Å²) in [7, 11) is -0.433. The van der Waals surface area contributed by atoms with Gasteiger partial charge in [0.2, 0.25) is 0 Å². The van der Waals surface area contributed by atoms with Crippen molar-refractivity contribution in [2.24, 2.45) is 0 Å². The van der Waals surface area contributed by atoms with Gasteiger partial charge in [0.15, 0.2) is 11.5 Å². The average molecular weight is 394 g/mol.